The van der Waals surface area contributed by atoms with Gasteiger partial charge in [0.25, 0.3) is 0 Å². The molecule has 1 aromatic heterocycles. The molecular weight excluding hydrogens is 190 g/mol. The second-order valence-electron chi connectivity index (χ2n) is 4.43. The highest BCUT2D eigenvalue weighted by Crippen LogP contribution is 2.23. The minimum absolute atomic E-state index is 0.765. The first-order valence-electron chi connectivity index (χ1n) is 5.60. The normalized spacial score (nSPS) is 27.8. The molecule has 2 atom stereocenters. The van der Waals surface area contributed by atoms with Gasteiger partial charge in [-0.15, -0.1) is 11.3 Å². The molecule has 0 bridgehead atoms. The van der Waals surface area contributed by atoms with Gasteiger partial charge in [0.2, 0.25) is 0 Å². The van der Waals surface area contributed by atoms with Gasteiger partial charge in [-0.1, -0.05) is 25.8 Å². The third kappa shape index (κ3) is 2.82. The van der Waals surface area contributed by atoms with E-state index in [0.29, 0.717) is 0 Å². The predicted molar refractivity (Wildman–Crippen MR) is 62.6 cm³/mol. The molecule has 1 nitrogen and oxygen atoms in total. The lowest BCUT2D eigenvalue weighted by molar-refractivity contribution is 0.301. The molecule has 0 saturated heterocycles. The van der Waals surface area contributed by atoms with Crippen molar-refractivity contribution < 1.29 is 0 Å². The van der Waals surface area contributed by atoms with Gasteiger partial charge in [-0.05, 0) is 30.2 Å². The Kier molecular flexibility index (Phi) is 3.60. The van der Waals surface area contributed by atoms with E-state index in [0.717, 1.165) is 18.5 Å². The number of nitrogens with one attached hydrogen (secondary N) is 1. The number of thiophene rings is 1. The maximum absolute atomic E-state index is 3.66. The summed E-state index contributed by atoms with van der Waals surface area (Å²) in [4.78, 5) is 1.46. The fourth-order valence-corrected chi connectivity index (χ4v) is 2.93. The lowest BCUT2D eigenvalue weighted by atomic mass is 9.87. The topological polar surface area (TPSA) is 12.0 Å². The van der Waals surface area contributed by atoms with Crippen LogP contribution in [0.2, 0.25) is 0 Å². The minimum Gasteiger partial charge on any atom is -0.309 e. The van der Waals surface area contributed by atoms with Gasteiger partial charge in [0.15, 0.2) is 0 Å². The van der Waals surface area contributed by atoms with Crippen LogP contribution in [0.15, 0.2) is 17.5 Å². The smallest absolute Gasteiger partial charge is 0.0302 e. The van der Waals surface area contributed by atoms with Crippen LogP contribution in [0, 0.1) is 5.92 Å². The quantitative estimate of drug-likeness (QED) is 0.804. The number of hydrogen-bond donors (Lipinski definition) is 1. The molecule has 2 rings (SSSR count). The highest BCUT2D eigenvalue weighted by Gasteiger charge is 2.17. The second-order valence-corrected chi connectivity index (χ2v) is 5.46. The molecule has 1 aromatic rings. The summed E-state index contributed by atoms with van der Waals surface area (Å²) in [5.74, 6) is 0.921. The molecule has 1 aliphatic rings. The zero-order valence-corrected chi connectivity index (χ0v) is 9.65. The Morgan fingerprint density at radius 3 is 3.14 bits per heavy atom. The van der Waals surface area contributed by atoms with E-state index in [9.17, 15) is 0 Å². The van der Waals surface area contributed by atoms with Crippen LogP contribution in [0.4, 0.5) is 0 Å². The average molecular weight is 209 g/mol. The van der Waals surface area contributed by atoms with Gasteiger partial charge in [0, 0.05) is 17.5 Å². The summed E-state index contributed by atoms with van der Waals surface area (Å²) in [5.41, 5.74) is 0. The molecule has 1 aliphatic carbocycles. The summed E-state index contributed by atoms with van der Waals surface area (Å²) >= 11 is 1.85. The first-order chi connectivity index (χ1) is 6.84. The zero-order valence-electron chi connectivity index (χ0n) is 8.83. The third-order valence-electron chi connectivity index (χ3n) is 3.08. The van der Waals surface area contributed by atoms with Gasteiger partial charge in [-0.3, -0.25) is 0 Å². The van der Waals surface area contributed by atoms with Crippen molar-refractivity contribution in [2.45, 2.75) is 45.2 Å². The van der Waals surface area contributed by atoms with Crippen LogP contribution >= 0.6 is 11.3 Å². The van der Waals surface area contributed by atoms with E-state index in [1.165, 1.54) is 30.6 Å². The monoisotopic (exact) mass is 209 g/mol. The Labute approximate surface area is 90.5 Å². The molecule has 2 unspecified atom stereocenters. The van der Waals surface area contributed by atoms with E-state index in [1.54, 1.807) is 0 Å². The van der Waals surface area contributed by atoms with E-state index in [4.69, 9.17) is 0 Å². The fourth-order valence-electron chi connectivity index (χ4n) is 2.28. The van der Waals surface area contributed by atoms with Gasteiger partial charge in [0.05, 0.1) is 0 Å². The van der Waals surface area contributed by atoms with Gasteiger partial charge >= 0.3 is 0 Å². The van der Waals surface area contributed by atoms with Gasteiger partial charge in [-0.2, -0.15) is 0 Å². The van der Waals surface area contributed by atoms with Crippen molar-refractivity contribution in [2.75, 3.05) is 0 Å². The maximum Gasteiger partial charge on any atom is 0.0302 e. The Hall–Kier alpha value is -0.340. The number of rotatable bonds is 3. The van der Waals surface area contributed by atoms with Crippen molar-refractivity contribution in [3.05, 3.63) is 22.4 Å². The van der Waals surface area contributed by atoms with Crippen LogP contribution in [-0.4, -0.2) is 6.04 Å². The molecule has 1 fully saturated rings. The van der Waals surface area contributed by atoms with Crippen molar-refractivity contribution >= 4 is 11.3 Å². The van der Waals surface area contributed by atoms with Crippen LogP contribution in [0.25, 0.3) is 0 Å². The maximum atomic E-state index is 3.66. The van der Waals surface area contributed by atoms with Crippen molar-refractivity contribution in [1.82, 2.24) is 5.32 Å². The lowest BCUT2D eigenvalue weighted by Gasteiger charge is -2.27. The first kappa shape index (κ1) is 10.2. The van der Waals surface area contributed by atoms with E-state index in [-0.39, 0.29) is 0 Å². The second kappa shape index (κ2) is 4.94. The van der Waals surface area contributed by atoms with Crippen LogP contribution < -0.4 is 5.32 Å². The zero-order chi connectivity index (χ0) is 9.80. The predicted octanol–water partition coefficient (Wildman–Crippen LogP) is 3.42. The van der Waals surface area contributed by atoms with Crippen molar-refractivity contribution in [1.29, 1.82) is 0 Å². The first-order valence-corrected chi connectivity index (χ1v) is 6.48. The molecule has 1 N–H and O–H groups in total. The van der Waals surface area contributed by atoms with E-state index in [2.05, 4.69) is 29.8 Å². The van der Waals surface area contributed by atoms with Gasteiger partial charge in [0.1, 0.15) is 0 Å². The Morgan fingerprint density at radius 1 is 1.50 bits per heavy atom. The van der Waals surface area contributed by atoms with Gasteiger partial charge < -0.3 is 5.32 Å². The molecule has 2 heteroatoms. The molecule has 0 aromatic carbocycles. The van der Waals surface area contributed by atoms with E-state index >= 15 is 0 Å². The largest absolute Gasteiger partial charge is 0.309 e. The molecule has 78 valence electrons. The summed E-state index contributed by atoms with van der Waals surface area (Å²) in [6.45, 7) is 3.44. The summed E-state index contributed by atoms with van der Waals surface area (Å²) in [5, 5.41) is 5.82. The van der Waals surface area contributed by atoms with Crippen LogP contribution in [0.3, 0.4) is 0 Å². The highest BCUT2D eigenvalue weighted by molar-refractivity contribution is 7.09. The molecule has 0 aliphatic heterocycles. The van der Waals surface area contributed by atoms with Crippen molar-refractivity contribution in [3.63, 3.8) is 0 Å². The van der Waals surface area contributed by atoms with Crippen molar-refractivity contribution in [3.8, 4) is 0 Å². The summed E-state index contributed by atoms with van der Waals surface area (Å²) in [6.07, 6.45) is 5.57. The van der Waals surface area contributed by atoms with Crippen LogP contribution in [-0.2, 0) is 6.54 Å². The standard InChI is InChI=1S/C12H19NS/c1-10-4-2-5-11(8-10)13-9-12-6-3-7-14-12/h3,6-7,10-11,13H,2,4-5,8-9H2,1H3. The Balaban J connectivity index is 1.75. The summed E-state index contributed by atoms with van der Waals surface area (Å²) in [7, 11) is 0. The average Bonchev–Trinajstić information content (AvgIpc) is 2.67. The lowest BCUT2D eigenvalue weighted by Crippen LogP contribution is -2.32. The Bertz CT molecular complexity index is 255. The van der Waals surface area contributed by atoms with Crippen LogP contribution in [0.1, 0.15) is 37.5 Å². The molecule has 1 heterocycles. The third-order valence-corrected chi connectivity index (χ3v) is 3.96. The molecule has 0 radical (unpaired) electrons. The SMILES string of the molecule is CC1CCCC(NCc2cccs2)C1. The number of hydrogen-bond acceptors (Lipinski definition) is 2. The molecule has 0 spiro atoms. The summed E-state index contributed by atoms with van der Waals surface area (Å²) < 4.78 is 0. The molecular formula is C12H19NS. The summed E-state index contributed by atoms with van der Waals surface area (Å²) in [6, 6.07) is 5.11. The van der Waals surface area contributed by atoms with Crippen LogP contribution in [0.5, 0.6) is 0 Å². The highest BCUT2D eigenvalue weighted by atomic mass is 32.1. The molecule has 1 saturated carbocycles. The van der Waals surface area contributed by atoms with Crippen molar-refractivity contribution in [2.24, 2.45) is 5.92 Å². The molecule has 14 heavy (non-hydrogen) atoms. The molecule has 0 amide bonds. The van der Waals surface area contributed by atoms with E-state index in [1.807, 2.05) is 11.3 Å². The van der Waals surface area contributed by atoms with E-state index < -0.39 is 0 Å². The van der Waals surface area contributed by atoms with Gasteiger partial charge in [-0.25, -0.2) is 0 Å². The fraction of sp³-hybridized carbons (Fsp3) is 0.667. The Morgan fingerprint density at radius 2 is 2.43 bits per heavy atom. The minimum atomic E-state index is 0.765.